The summed E-state index contributed by atoms with van der Waals surface area (Å²) < 4.78 is 0. The van der Waals surface area contributed by atoms with Crippen molar-refractivity contribution in [1.29, 1.82) is 0 Å². The van der Waals surface area contributed by atoms with Crippen LogP contribution in [0.2, 0.25) is 5.02 Å². The molecular formula is C14H9ClN2O. The number of rotatable bonds is 2. The number of H-pyrrole nitrogens is 1. The molecule has 0 amide bonds. The van der Waals surface area contributed by atoms with E-state index in [1.54, 1.807) is 24.3 Å². The first-order chi connectivity index (χ1) is 8.74. The van der Waals surface area contributed by atoms with Crippen molar-refractivity contribution >= 4 is 28.4 Å². The molecule has 0 unspecified atom stereocenters. The van der Waals surface area contributed by atoms with E-state index in [1.165, 1.54) is 0 Å². The summed E-state index contributed by atoms with van der Waals surface area (Å²) in [5.41, 5.74) is 2.21. The zero-order chi connectivity index (χ0) is 12.5. The van der Waals surface area contributed by atoms with Gasteiger partial charge in [-0.3, -0.25) is 4.79 Å². The minimum Gasteiger partial charge on any atom is -0.335 e. The molecular weight excluding hydrogens is 248 g/mol. The molecule has 1 N–H and O–H groups in total. The average molecular weight is 257 g/mol. The van der Waals surface area contributed by atoms with Crippen LogP contribution in [0, 0.1) is 0 Å². The van der Waals surface area contributed by atoms with Gasteiger partial charge in [0.1, 0.15) is 0 Å². The Balaban J connectivity index is 2.03. The number of benzene rings is 2. The van der Waals surface area contributed by atoms with Gasteiger partial charge in [0, 0.05) is 10.6 Å². The zero-order valence-corrected chi connectivity index (χ0v) is 10.1. The van der Waals surface area contributed by atoms with E-state index in [1.807, 2.05) is 24.3 Å². The van der Waals surface area contributed by atoms with Crippen molar-refractivity contribution in [2.75, 3.05) is 0 Å². The topological polar surface area (TPSA) is 45.8 Å². The third-order valence-electron chi connectivity index (χ3n) is 2.71. The molecule has 3 aromatic rings. The first-order valence-electron chi connectivity index (χ1n) is 5.49. The largest absolute Gasteiger partial charge is 0.335 e. The number of hydrogen-bond acceptors (Lipinski definition) is 2. The Morgan fingerprint density at radius 2 is 1.78 bits per heavy atom. The highest BCUT2D eigenvalue weighted by Gasteiger charge is 2.13. The Kier molecular flexibility index (Phi) is 2.61. The van der Waals surface area contributed by atoms with Gasteiger partial charge >= 0.3 is 0 Å². The van der Waals surface area contributed by atoms with Crippen LogP contribution in [-0.4, -0.2) is 15.8 Å². The monoisotopic (exact) mass is 256 g/mol. The van der Waals surface area contributed by atoms with Gasteiger partial charge < -0.3 is 4.98 Å². The molecule has 0 atom stereocenters. The van der Waals surface area contributed by atoms with E-state index < -0.39 is 0 Å². The summed E-state index contributed by atoms with van der Waals surface area (Å²) >= 11 is 5.79. The number of carbonyl (C=O) groups excluding carboxylic acids is 1. The van der Waals surface area contributed by atoms with Crippen LogP contribution < -0.4 is 0 Å². The van der Waals surface area contributed by atoms with E-state index in [9.17, 15) is 4.79 Å². The van der Waals surface area contributed by atoms with Gasteiger partial charge in [-0.1, -0.05) is 23.7 Å². The van der Waals surface area contributed by atoms with E-state index in [2.05, 4.69) is 9.97 Å². The van der Waals surface area contributed by atoms with E-state index in [0.29, 0.717) is 16.4 Å². The van der Waals surface area contributed by atoms with E-state index in [0.717, 1.165) is 11.0 Å². The number of aromatic nitrogens is 2. The number of hydrogen-bond donors (Lipinski definition) is 1. The summed E-state index contributed by atoms with van der Waals surface area (Å²) in [5.74, 6) is 0.210. The molecule has 0 aliphatic heterocycles. The molecule has 2 aromatic carbocycles. The number of imidazole rings is 1. The molecule has 0 spiro atoms. The van der Waals surface area contributed by atoms with Gasteiger partial charge in [0.25, 0.3) is 0 Å². The molecule has 1 aromatic heterocycles. The second-order valence-electron chi connectivity index (χ2n) is 3.94. The SMILES string of the molecule is O=C(c1ccc(Cl)cc1)c1nc2ccccc2[nH]1. The van der Waals surface area contributed by atoms with Crippen LogP contribution in [0.15, 0.2) is 48.5 Å². The molecule has 0 saturated heterocycles. The zero-order valence-electron chi connectivity index (χ0n) is 9.35. The second-order valence-corrected chi connectivity index (χ2v) is 4.38. The first-order valence-corrected chi connectivity index (χ1v) is 5.87. The molecule has 3 rings (SSSR count). The quantitative estimate of drug-likeness (QED) is 0.714. The summed E-state index contributed by atoms with van der Waals surface area (Å²) in [7, 11) is 0. The van der Waals surface area contributed by atoms with Crippen molar-refractivity contribution in [2.45, 2.75) is 0 Å². The number of carbonyl (C=O) groups is 1. The summed E-state index contributed by atoms with van der Waals surface area (Å²) in [6.45, 7) is 0. The highest BCUT2D eigenvalue weighted by Crippen LogP contribution is 2.15. The standard InChI is InChI=1S/C14H9ClN2O/c15-10-7-5-9(6-8-10)13(18)14-16-11-3-1-2-4-12(11)17-14/h1-8H,(H,16,17). The molecule has 1 heterocycles. The number of ketones is 1. The molecule has 3 nitrogen and oxygen atoms in total. The summed E-state index contributed by atoms with van der Waals surface area (Å²) in [6, 6.07) is 14.3. The van der Waals surface area contributed by atoms with Crippen molar-refractivity contribution in [3.63, 3.8) is 0 Å². The smallest absolute Gasteiger partial charge is 0.228 e. The van der Waals surface area contributed by atoms with Gasteiger partial charge in [-0.2, -0.15) is 0 Å². The van der Waals surface area contributed by atoms with Crippen LogP contribution in [0.3, 0.4) is 0 Å². The van der Waals surface area contributed by atoms with E-state index in [-0.39, 0.29) is 5.78 Å². The van der Waals surface area contributed by atoms with Gasteiger partial charge in [0.05, 0.1) is 11.0 Å². The lowest BCUT2D eigenvalue weighted by atomic mass is 10.1. The lowest BCUT2D eigenvalue weighted by Gasteiger charge is -1.97. The van der Waals surface area contributed by atoms with Crippen molar-refractivity contribution in [2.24, 2.45) is 0 Å². The third kappa shape index (κ3) is 1.89. The molecule has 4 heteroatoms. The number of para-hydroxylation sites is 2. The van der Waals surface area contributed by atoms with Crippen molar-refractivity contribution in [3.8, 4) is 0 Å². The molecule has 0 bridgehead atoms. The molecule has 88 valence electrons. The van der Waals surface area contributed by atoms with E-state index in [4.69, 9.17) is 11.6 Å². The summed E-state index contributed by atoms with van der Waals surface area (Å²) in [5, 5.41) is 0.608. The van der Waals surface area contributed by atoms with Crippen LogP contribution in [0.4, 0.5) is 0 Å². The van der Waals surface area contributed by atoms with Crippen LogP contribution in [-0.2, 0) is 0 Å². The fourth-order valence-corrected chi connectivity index (χ4v) is 1.92. The van der Waals surface area contributed by atoms with Crippen molar-refractivity contribution in [1.82, 2.24) is 9.97 Å². The van der Waals surface area contributed by atoms with Crippen LogP contribution in [0.25, 0.3) is 11.0 Å². The van der Waals surface area contributed by atoms with Gasteiger partial charge in [0.15, 0.2) is 5.82 Å². The maximum atomic E-state index is 12.2. The second kappa shape index (κ2) is 4.27. The Morgan fingerprint density at radius 3 is 2.50 bits per heavy atom. The van der Waals surface area contributed by atoms with E-state index >= 15 is 0 Å². The minimum atomic E-state index is -0.136. The number of nitrogens with zero attached hydrogens (tertiary/aromatic N) is 1. The lowest BCUT2D eigenvalue weighted by molar-refractivity contribution is 0.103. The Bertz CT molecular complexity index is 683. The van der Waals surface area contributed by atoms with Gasteiger partial charge in [0.2, 0.25) is 5.78 Å². The molecule has 0 aliphatic rings. The summed E-state index contributed by atoms with van der Waals surface area (Å²) in [6.07, 6.45) is 0. The number of aromatic amines is 1. The lowest BCUT2D eigenvalue weighted by Crippen LogP contribution is -2.03. The molecule has 18 heavy (non-hydrogen) atoms. The highest BCUT2D eigenvalue weighted by molar-refractivity contribution is 6.30. The van der Waals surface area contributed by atoms with Crippen molar-refractivity contribution < 1.29 is 4.79 Å². The van der Waals surface area contributed by atoms with Crippen LogP contribution in [0.5, 0.6) is 0 Å². The molecule has 0 fully saturated rings. The summed E-state index contributed by atoms with van der Waals surface area (Å²) in [4.78, 5) is 19.5. The predicted octanol–water partition coefficient (Wildman–Crippen LogP) is 3.45. The van der Waals surface area contributed by atoms with Crippen LogP contribution in [0.1, 0.15) is 16.2 Å². The number of fused-ring (bicyclic) bond motifs is 1. The Hall–Kier alpha value is -2.13. The number of halogens is 1. The van der Waals surface area contributed by atoms with Gasteiger partial charge in [-0.25, -0.2) is 4.98 Å². The Morgan fingerprint density at radius 1 is 1.06 bits per heavy atom. The molecule has 0 radical (unpaired) electrons. The Labute approximate surface area is 108 Å². The number of nitrogens with one attached hydrogen (secondary N) is 1. The van der Waals surface area contributed by atoms with Gasteiger partial charge in [-0.05, 0) is 36.4 Å². The highest BCUT2D eigenvalue weighted by atomic mass is 35.5. The first kappa shape index (κ1) is 11.0. The predicted molar refractivity (Wildman–Crippen MR) is 71.0 cm³/mol. The fraction of sp³-hybridized carbons (Fsp3) is 0. The average Bonchev–Trinajstić information content (AvgIpc) is 2.82. The molecule has 0 saturated carbocycles. The maximum absolute atomic E-state index is 12.2. The van der Waals surface area contributed by atoms with Gasteiger partial charge in [-0.15, -0.1) is 0 Å². The fourth-order valence-electron chi connectivity index (χ4n) is 1.80. The third-order valence-corrected chi connectivity index (χ3v) is 2.96. The minimum absolute atomic E-state index is 0.136. The molecule has 0 aliphatic carbocycles. The van der Waals surface area contributed by atoms with Crippen molar-refractivity contribution in [3.05, 3.63) is 64.9 Å². The van der Waals surface area contributed by atoms with Crippen LogP contribution >= 0.6 is 11.6 Å². The normalized spacial score (nSPS) is 10.7. The maximum Gasteiger partial charge on any atom is 0.228 e.